The van der Waals surface area contributed by atoms with E-state index in [0.29, 0.717) is 27.6 Å². The van der Waals surface area contributed by atoms with Gasteiger partial charge in [-0.1, -0.05) is 54.1 Å². The minimum atomic E-state index is -0.240. The molecule has 0 bridgehead atoms. The quantitative estimate of drug-likeness (QED) is 0.379. The molecule has 0 aliphatic carbocycles. The summed E-state index contributed by atoms with van der Waals surface area (Å²) >= 11 is 6.09. The smallest absolute Gasteiger partial charge is 0.280 e. The molecule has 32 heavy (non-hydrogen) atoms. The van der Waals surface area contributed by atoms with E-state index in [4.69, 9.17) is 11.6 Å². The molecule has 0 N–H and O–H groups in total. The van der Waals surface area contributed by atoms with E-state index < -0.39 is 0 Å². The van der Waals surface area contributed by atoms with Crippen LogP contribution in [0.2, 0.25) is 5.02 Å². The first-order chi connectivity index (χ1) is 15.5. The lowest BCUT2D eigenvalue weighted by atomic mass is 10.1. The average Bonchev–Trinajstić information content (AvgIpc) is 3.32. The van der Waals surface area contributed by atoms with Crippen LogP contribution in [-0.2, 0) is 4.79 Å². The summed E-state index contributed by atoms with van der Waals surface area (Å²) in [5, 5.41) is 7.19. The van der Waals surface area contributed by atoms with Gasteiger partial charge in [-0.2, -0.15) is 10.1 Å². The summed E-state index contributed by atoms with van der Waals surface area (Å²) in [6.45, 7) is 1.79. The Morgan fingerprint density at radius 2 is 1.72 bits per heavy atom. The standard InChI is InChI=1S/C26H18ClN3O2/c1-17-23(26(32)30(28-17)21-11-7-10-20(27)15-21)14-19-16-29(24-13-6-5-12-22(19)24)25(31)18-8-3-2-4-9-18/h2-16H,1H3/b23-14-. The van der Waals surface area contributed by atoms with E-state index in [1.165, 1.54) is 5.01 Å². The van der Waals surface area contributed by atoms with E-state index in [-0.39, 0.29) is 11.8 Å². The van der Waals surface area contributed by atoms with Crippen molar-refractivity contribution in [2.75, 3.05) is 5.01 Å². The third kappa shape index (κ3) is 3.43. The van der Waals surface area contributed by atoms with Gasteiger partial charge < -0.3 is 0 Å². The average molecular weight is 440 g/mol. The van der Waals surface area contributed by atoms with Gasteiger partial charge in [-0.25, -0.2) is 0 Å². The van der Waals surface area contributed by atoms with Crippen LogP contribution in [-0.4, -0.2) is 22.1 Å². The molecular formula is C26H18ClN3O2. The third-order valence-electron chi connectivity index (χ3n) is 5.40. The van der Waals surface area contributed by atoms with Gasteiger partial charge in [-0.05, 0) is 49.4 Å². The molecule has 5 nitrogen and oxygen atoms in total. The number of anilines is 1. The van der Waals surface area contributed by atoms with Crippen molar-refractivity contribution in [1.29, 1.82) is 0 Å². The van der Waals surface area contributed by atoms with Gasteiger partial charge in [0, 0.05) is 27.7 Å². The van der Waals surface area contributed by atoms with E-state index in [0.717, 1.165) is 16.5 Å². The predicted octanol–water partition coefficient (Wildman–Crippen LogP) is 5.79. The Morgan fingerprint density at radius 1 is 0.969 bits per heavy atom. The number of carbonyl (C=O) groups is 2. The van der Waals surface area contributed by atoms with Gasteiger partial charge in [-0.3, -0.25) is 14.2 Å². The number of hydrogen-bond acceptors (Lipinski definition) is 3. The largest absolute Gasteiger partial charge is 0.283 e. The summed E-state index contributed by atoms with van der Waals surface area (Å²) in [5.41, 5.74) is 3.82. The molecule has 0 spiro atoms. The Labute approximate surface area is 189 Å². The first-order valence-electron chi connectivity index (χ1n) is 10.1. The van der Waals surface area contributed by atoms with Crippen molar-refractivity contribution in [1.82, 2.24) is 4.57 Å². The van der Waals surface area contributed by atoms with E-state index in [2.05, 4.69) is 5.10 Å². The van der Waals surface area contributed by atoms with Crippen LogP contribution in [0.25, 0.3) is 17.0 Å². The van der Waals surface area contributed by atoms with Crippen LogP contribution in [0.4, 0.5) is 5.69 Å². The van der Waals surface area contributed by atoms with Gasteiger partial charge in [0.05, 0.1) is 22.5 Å². The summed E-state index contributed by atoms with van der Waals surface area (Å²) in [4.78, 5) is 26.3. The van der Waals surface area contributed by atoms with Crippen LogP contribution >= 0.6 is 11.6 Å². The second-order valence-corrected chi connectivity index (χ2v) is 7.92. The zero-order chi connectivity index (χ0) is 22.2. The van der Waals surface area contributed by atoms with Gasteiger partial charge in [0.2, 0.25) is 0 Å². The maximum absolute atomic E-state index is 13.2. The fourth-order valence-electron chi connectivity index (χ4n) is 3.83. The molecule has 0 radical (unpaired) electrons. The summed E-state index contributed by atoms with van der Waals surface area (Å²) in [6, 6.07) is 23.8. The molecule has 1 aliphatic rings. The summed E-state index contributed by atoms with van der Waals surface area (Å²) in [6.07, 6.45) is 3.57. The van der Waals surface area contributed by atoms with E-state index in [1.807, 2.05) is 42.5 Å². The Bertz CT molecular complexity index is 1430. The van der Waals surface area contributed by atoms with Gasteiger partial charge in [0.15, 0.2) is 0 Å². The van der Waals surface area contributed by atoms with Gasteiger partial charge >= 0.3 is 0 Å². The Hall–Kier alpha value is -3.96. The normalized spacial score (nSPS) is 14.9. The summed E-state index contributed by atoms with van der Waals surface area (Å²) in [7, 11) is 0. The second kappa shape index (κ2) is 7.94. The maximum atomic E-state index is 13.2. The number of benzene rings is 3. The van der Waals surface area contributed by atoms with Crippen LogP contribution in [0, 0.1) is 0 Å². The van der Waals surface area contributed by atoms with Crippen molar-refractivity contribution in [3.8, 4) is 0 Å². The highest BCUT2D eigenvalue weighted by atomic mass is 35.5. The molecule has 1 amide bonds. The lowest BCUT2D eigenvalue weighted by Crippen LogP contribution is -2.21. The Morgan fingerprint density at radius 3 is 2.50 bits per heavy atom. The minimum absolute atomic E-state index is 0.129. The lowest BCUT2D eigenvalue weighted by molar-refractivity contribution is -0.114. The number of para-hydroxylation sites is 1. The molecule has 4 aromatic rings. The van der Waals surface area contributed by atoms with Crippen LogP contribution in [0.15, 0.2) is 95.7 Å². The zero-order valence-corrected chi connectivity index (χ0v) is 18.0. The van der Waals surface area contributed by atoms with Gasteiger partial charge in [-0.15, -0.1) is 0 Å². The van der Waals surface area contributed by atoms with Crippen LogP contribution in [0.3, 0.4) is 0 Å². The Balaban J connectivity index is 1.58. The highest BCUT2D eigenvalue weighted by Crippen LogP contribution is 2.29. The number of fused-ring (bicyclic) bond motifs is 1. The number of aromatic nitrogens is 1. The number of carbonyl (C=O) groups excluding carboxylic acids is 2. The number of hydrazone groups is 1. The molecule has 6 heteroatoms. The summed E-state index contributed by atoms with van der Waals surface area (Å²) < 4.78 is 1.62. The monoisotopic (exact) mass is 439 g/mol. The molecule has 1 aromatic heterocycles. The molecule has 0 saturated carbocycles. The molecule has 1 aliphatic heterocycles. The lowest BCUT2D eigenvalue weighted by Gasteiger charge is -2.11. The van der Waals surface area contributed by atoms with Crippen molar-refractivity contribution in [3.63, 3.8) is 0 Å². The molecule has 0 saturated heterocycles. The molecule has 3 aromatic carbocycles. The highest BCUT2D eigenvalue weighted by molar-refractivity contribution is 6.33. The minimum Gasteiger partial charge on any atom is -0.283 e. The van der Waals surface area contributed by atoms with Gasteiger partial charge in [0.1, 0.15) is 0 Å². The van der Waals surface area contributed by atoms with Crippen molar-refractivity contribution < 1.29 is 9.59 Å². The van der Waals surface area contributed by atoms with Crippen LogP contribution in [0.1, 0.15) is 22.8 Å². The molecule has 2 heterocycles. The fraction of sp³-hybridized carbons (Fsp3) is 0.0385. The van der Waals surface area contributed by atoms with Crippen molar-refractivity contribution >= 4 is 51.8 Å². The first kappa shape index (κ1) is 20.0. The fourth-order valence-corrected chi connectivity index (χ4v) is 4.02. The molecule has 0 fully saturated rings. The van der Waals surface area contributed by atoms with Crippen molar-refractivity contribution in [2.24, 2.45) is 5.10 Å². The molecule has 0 atom stereocenters. The molecule has 5 rings (SSSR count). The van der Waals surface area contributed by atoms with Gasteiger partial charge in [0.25, 0.3) is 11.8 Å². The number of hydrogen-bond donors (Lipinski definition) is 0. The summed E-state index contributed by atoms with van der Waals surface area (Å²) in [5.74, 6) is -0.369. The Kier molecular flexibility index (Phi) is 4.96. The molecule has 156 valence electrons. The van der Waals surface area contributed by atoms with E-state index >= 15 is 0 Å². The number of amides is 1. The molecule has 0 unspecified atom stereocenters. The third-order valence-corrected chi connectivity index (χ3v) is 5.63. The number of rotatable bonds is 3. The van der Waals surface area contributed by atoms with E-state index in [1.54, 1.807) is 60.2 Å². The number of nitrogens with zero attached hydrogens (tertiary/aromatic N) is 3. The topological polar surface area (TPSA) is 54.7 Å². The zero-order valence-electron chi connectivity index (χ0n) is 17.2. The maximum Gasteiger partial charge on any atom is 0.280 e. The predicted molar refractivity (Wildman–Crippen MR) is 128 cm³/mol. The van der Waals surface area contributed by atoms with Crippen LogP contribution in [0.5, 0.6) is 0 Å². The van der Waals surface area contributed by atoms with Crippen LogP contribution < -0.4 is 5.01 Å². The molecular weight excluding hydrogens is 422 g/mol. The second-order valence-electron chi connectivity index (χ2n) is 7.48. The first-order valence-corrected chi connectivity index (χ1v) is 10.5. The van der Waals surface area contributed by atoms with Crippen molar-refractivity contribution in [2.45, 2.75) is 6.92 Å². The van der Waals surface area contributed by atoms with Crippen molar-refractivity contribution in [3.05, 3.63) is 107 Å². The SMILES string of the molecule is CC1=NN(c2cccc(Cl)c2)C(=O)/C1=C\c1cn(C(=O)c2ccccc2)c2ccccc12. The number of halogens is 1. The van der Waals surface area contributed by atoms with E-state index in [9.17, 15) is 9.59 Å². The highest BCUT2D eigenvalue weighted by Gasteiger charge is 2.29.